The number of hydrogen-bond acceptors (Lipinski definition) is 4. The maximum atomic E-state index is 10.5. The van der Waals surface area contributed by atoms with Crippen LogP contribution in [0.4, 0.5) is 0 Å². The van der Waals surface area contributed by atoms with Crippen molar-refractivity contribution >= 4 is 18.0 Å². The smallest absolute Gasteiger partial charge is 0.217 e. The minimum absolute atomic E-state index is 0.138. The molecular formula is C8H15N2OS. The van der Waals surface area contributed by atoms with Crippen LogP contribution in [-0.2, 0) is 4.79 Å². The lowest BCUT2D eigenvalue weighted by Gasteiger charge is -2.19. The van der Waals surface area contributed by atoms with Gasteiger partial charge in [-0.2, -0.15) is 0 Å². The lowest BCUT2D eigenvalue weighted by molar-refractivity contribution is 0.394. The van der Waals surface area contributed by atoms with Crippen molar-refractivity contribution in [1.29, 1.82) is 0 Å². The van der Waals surface area contributed by atoms with Crippen LogP contribution in [0.1, 0.15) is 13.8 Å². The first-order valence-electron chi connectivity index (χ1n) is 4.19. The summed E-state index contributed by atoms with van der Waals surface area (Å²) < 4.78 is 0. The predicted octanol–water partition coefficient (Wildman–Crippen LogP) is 0.330. The molecule has 4 heteroatoms. The third kappa shape index (κ3) is 2.77. The van der Waals surface area contributed by atoms with Crippen LogP contribution in [0.3, 0.4) is 0 Å². The molecule has 1 rings (SSSR count). The Balaban J connectivity index is 2.30. The lowest BCUT2D eigenvalue weighted by Crippen LogP contribution is -2.48. The molecule has 0 aromatic heterocycles. The van der Waals surface area contributed by atoms with Crippen molar-refractivity contribution in [3.63, 3.8) is 0 Å². The van der Waals surface area contributed by atoms with Gasteiger partial charge in [0.05, 0.1) is 12.2 Å². The molecule has 69 valence electrons. The first-order valence-corrected chi connectivity index (χ1v) is 5.34. The zero-order valence-electron chi connectivity index (χ0n) is 7.46. The molecule has 2 atom stereocenters. The van der Waals surface area contributed by atoms with E-state index in [2.05, 4.69) is 10.6 Å². The van der Waals surface area contributed by atoms with Gasteiger partial charge in [0.1, 0.15) is 0 Å². The Bertz CT molecular complexity index is 146. The van der Waals surface area contributed by atoms with E-state index in [0.717, 1.165) is 11.6 Å². The largest absolute Gasteiger partial charge is 0.292 e. The van der Waals surface area contributed by atoms with Crippen molar-refractivity contribution in [2.24, 2.45) is 5.92 Å². The SMILES string of the molecule is CC(C)[C@@H]([C]=O)NC1CSCN1. The van der Waals surface area contributed by atoms with Crippen molar-refractivity contribution in [2.75, 3.05) is 11.6 Å². The number of carbonyl (C=O) groups excluding carboxylic acids is 1. The van der Waals surface area contributed by atoms with Crippen LogP contribution < -0.4 is 10.6 Å². The molecule has 3 nitrogen and oxygen atoms in total. The maximum Gasteiger partial charge on any atom is 0.217 e. The Hall–Kier alpha value is -0.0600. The van der Waals surface area contributed by atoms with E-state index < -0.39 is 0 Å². The fourth-order valence-electron chi connectivity index (χ4n) is 1.08. The van der Waals surface area contributed by atoms with Crippen molar-refractivity contribution < 1.29 is 4.79 Å². The van der Waals surface area contributed by atoms with Crippen LogP contribution in [0.2, 0.25) is 0 Å². The Labute approximate surface area is 77.7 Å². The minimum atomic E-state index is -0.138. The molecule has 0 amide bonds. The summed E-state index contributed by atoms with van der Waals surface area (Å²) in [5.74, 6) is 2.32. The summed E-state index contributed by atoms with van der Waals surface area (Å²) in [4.78, 5) is 10.5. The van der Waals surface area contributed by atoms with E-state index in [0.29, 0.717) is 5.92 Å². The van der Waals surface area contributed by atoms with Gasteiger partial charge in [-0.15, -0.1) is 11.8 Å². The molecule has 0 aromatic carbocycles. The lowest BCUT2D eigenvalue weighted by atomic mass is 10.1. The Kier molecular flexibility index (Phi) is 4.05. The number of thioether (sulfide) groups is 1. The molecule has 1 aliphatic heterocycles. The van der Waals surface area contributed by atoms with Crippen molar-refractivity contribution in [3.8, 4) is 0 Å². The second-order valence-electron chi connectivity index (χ2n) is 3.28. The first kappa shape index (κ1) is 10.0. The summed E-state index contributed by atoms with van der Waals surface area (Å²) in [6.45, 7) is 4.04. The molecule has 0 aliphatic carbocycles. The molecule has 12 heavy (non-hydrogen) atoms. The quantitative estimate of drug-likeness (QED) is 0.665. The van der Waals surface area contributed by atoms with Gasteiger partial charge >= 0.3 is 0 Å². The molecule has 1 unspecified atom stereocenters. The molecule has 0 bridgehead atoms. The highest BCUT2D eigenvalue weighted by Gasteiger charge is 2.20. The van der Waals surface area contributed by atoms with Crippen molar-refractivity contribution in [3.05, 3.63) is 0 Å². The van der Waals surface area contributed by atoms with Gasteiger partial charge in [0, 0.05) is 11.6 Å². The summed E-state index contributed by atoms with van der Waals surface area (Å²) in [5.41, 5.74) is 0. The zero-order valence-corrected chi connectivity index (χ0v) is 8.28. The molecule has 2 N–H and O–H groups in total. The molecule has 1 saturated heterocycles. The minimum Gasteiger partial charge on any atom is -0.292 e. The van der Waals surface area contributed by atoms with Gasteiger partial charge in [-0.3, -0.25) is 15.4 Å². The topological polar surface area (TPSA) is 41.1 Å². The third-order valence-corrected chi connectivity index (χ3v) is 2.83. The standard InChI is InChI=1S/C8H15N2OS/c1-6(2)7(3-11)10-8-4-12-5-9-8/h6-10H,4-5H2,1-2H3/t7-,8?/m1/s1. The second kappa shape index (κ2) is 4.84. The van der Waals surface area contributed by atoms with Gasteiger partial charge in [0.2, 0.25) is 6.29 Å². The summed E-state index contributed by atoms with van der Waals surface area (Å²) in [6.07, 6.45) is 2.30. The van der Waals surface area contributed by atoms with Crippen LogP contribution in [0.15, 0.2) is 0 Å². The van der Waals surface area contributed by atoms with Crippen LogP contribution in [-0.4, -0.2) is 30.1 Å². The van der Waals surface area contributed by atoms with Crippen LogP contribution in [0.5, 0.6) is 0 Å². The van der Waals surface area contributed by atoms with Gasteiger partial charge in [-0.05, 0) is 5.92 Å². The molecule has 1 radical (unpaired) electrons. The van der Waals surface area contributed by atoms with E-state index in [-0.39, 0.29) is 12.2 Å². The third-order valence-electron chi connectivity index (χ3n) is 1.89. The monoisotopic (exact) mass is 187 g/mol. The van der Waals surface area contributed by atoms with E-state index in [1.165, 1.54) is 0 Å². The summed E-state index contributed by atoms with van der Waals surface area (Å²) in [7, 11) is 0. The Morgan fingerprint density at radius 3 is 2.83 bits per heavy atom. The van der Waals surface area contributed by atoms with Crippen LogP contribution >= 0.6 is 11.8 Å². The molecule has 1 fully saturated rings. The van der Waals surface area contributed by atoms with E-state index in [1.54, 1.807) is 0 Å². The van der Waals surface area contributed by atoms with E-state index in [9.17, 15) is 4.79 Å². The molecule has 1 heterocycles. The molecule has 1 aliphatic rings. The highest BCUT2D eigenvalue weighted by Crippen LogP contribution is 2.09. The number of rotatable bonds is 4. The average molecular weight is 187 g/mol. The molecule has 0 spiro atoms. The summed E-state index contributed by atoms with van der Waals surface area (Å²) >= 11 is 1.84. The fraction of sp³-hybridized carbons (Fsp3) is 0.875. The van der Waals surface area contributed by atoms with Gasteiger partial charge in [-0.1, -0.05) is 13.8 Å². The molecular weight excluding hydrogens is 172 g/mol. The average Bonchev–Trinajstić information content (AvgIpc) is 2.51. The van der Waals surface area contributed by atoms with Crippen molar-refractivity contribution in [1.82, 2.24) is 10.6 Å². The first-order chi connectivity index (χ1) is 5.74. The summed E-state index contributed by atoms with van der Waals surface area (Å²) in [5, 5.41) is 6.46. The van der Waals surface area contributed by atoms with Gasteiger partial charge in [-0.25, -0.2) is 0 Å². The van der Waals surface area contributed by atoms with E-state index in [1.807, 2.05) is 31.9 Å². The number of nitrogens with one attached hydrogen (secondary N) is 2. The zero-order chi connectivity index (χ0) is 8.97. The summed E-state index contributed by atoms with van der Waals surface area (Å²) in [6, 6.07) is -0.138. The van der Waals surface area contributed by atoms with Gasteiger partial charge in [0.15, 0.2) is 0 Å². The fourth-order valence-corrected chi connectivity index (χ4v) is 1.97. The van der Waals surface area contributed by atoms with E-state index >= 15 is 0 Å². The van der Waals surface area contributed by atoms with Crippen LogP contribution in [0, 0.1) is 5.92 Å². The molecule has 0 aromatic rings. The number of hydrogen-bond donors (Lipinski definition) is 2. The highest BCUT2D eigenvalue weighted by molar-refractivity contribution is 7.99. The molecule has 0 saturated carbocycles. The van der Waals surface area contributed by atoms with E-state index in [4.69, 9.17) is 0 Å². The van der Waals surface area contributed by atoms with Gasteiger partial charge < -0.3 is 0 Å². The second-order valence-corrected chi connectivity index (χ2v) is 4.31. The normalized spacial score (nSPS) is 26.1. The maximum absolute atomic E-state index is 10.5. The van der Waals surface area contributed by atoms with Gasteiger partial charge in [0.25, 0.3) is 0 Å². The van der Waals surface area contributed by atoms with Crippen molar-refractivity contribution in [2.45, 2.75) is 26.1 Å². The Morgan fingerprint density at radius 1 is 1.67 bits per heavy atom. The van der Waals surface area contributed by atoms with Crippen LogP contribution in [0.25, 0.3) is 0 Å². The predicted molar refractivity (Wildman–Crippen MR) is 51.7 cm³/mol. The highest BCUT2D eigenvalue weighted by atomic mass is 32.2. The Morgan fingerprint density at radius 2 is 2.42 bits per heavy atom.